The molecule has 0 radical (unpaired) electrons. The van der Waals surface area contributed by atoms with Crippen LogP contribution in [0.4, 0.5) is 0 Å². The largest absolute Gasteiger partial charge is 0.359 e. The van der Waals surface area contributed by atoms with E-state index in [4.69, 9.17) is 4.99 Å². The summed E-state index contributed by atoms with van der Waals surface area (Å²) in [6.07, 6.45) is 4.19. The molecule has 0 aromatic heterocycles. The third-order valence-corrected chi connectivity index (χ3v) is 4.89. The molecule has 2 unspecified atom stereocenters. The van der Waals surface area contributed by atoms with Crippen molar-refractivity contribution in [2.24, 2.45) is 16.8 Å². The lowest BCUT2D eigenvalue weighted by Crippen LogP contribution is -2.37. The molecule has 1 saturated heterocycles. The maximum absolute atomic E-state index is 4.72. The topological polar surface area (TPSA) is 24.4 Å². The van der Waals surface area contributed by atoms with Crippen LogP contribution >= 0.6 is 11.8 Å². The van der Waals surface area contributed by atoms with E-state index in [1.54, 1.807) is 0 Å². The van der Waals surface area contributed by atoms with Crippen molar-refractivity contribution >= 4 is 16.9 Å². The molecule has 15 heavy (non-hydrogen) atoms. The van der Waals surface area contributed by atoms with Gasteiger partial charge < -0.3 is 5.32 Å². The Labute approximate surface area is 97.3 Å². The first-order chi connectivity index (χ1) is 7.07. The zero-order valence-corrected chi connectivity index (χ0v) is 10.9. The van der Waals surface area contributed by atoms with E-state index in [1.165, 1.54) is 24.4 Å². The van der Waals surface area contributed by atoms with Gasteiger partial charge >= 0.3 is 0 Å². The minimum atomic E-state index is 0.241. The molecule has 0 bridgehead atoms. The number of nitrogens with zero attached hydrogens (tertiary/aromatic N) is 1. The Morgan fingerprint density at radius 3 is 2.80 bits per heavy atom. The number of hydrogen-bond acceptors (Lipinski definition) is 2. The molecule has 1 aliphatic heterocycles. The fourth-order valence-corrected chi connectivity index (χ4v) is 3.47. The van der Waals surface area contributed by atoms with Crippen LogP contribution in [0.1, 0.15) is 40.0 Å². The van der Waals surface area contributed by atoms with Gasteiger partial charge in [-0.1, -0.05) is 31.5 Å². The van der Waals surface area contributed by atoms with Gasteiger partial charge in [0.15, 0.2) is 5.17 Å². The molecule has 0 spiro atoms. The Morgan fingerprint density at radius 1 is 1.47 bits per heavy atom. The lowest BCUT2D eigenvalue weighted by molar-refractivity contribution is 0.429. The first-order valence-electron chi connectivity index (χ1n) is 6.02. The fraction of sp³-hybridized carbons (Fsp3) is 0.917. The quantitative estimate of drug-likeness (QED) is 0.783. The van der Waals surface area contributed by atoms with Crippen molar-refractivity contribution in [2.75, 3.05) is 12.3 Å². The van der Waals surface area contributed by atoms with Crippen LogP contribution in [0, 0.1) is 11.8 Å². The predicted molar refractivity (Wildman–Crippen MR) is 68.5 cm³/mol. The first-order valence-corrected chi connectivity index (χ1v) is 7.01. The zero-order chi connectivity index (χ0) is 10.9. The van der Waals surface area contributed by atoms with E-state index in [1.807, 2.05) is 11.8 Å². The van der Waals surface area contributed by atoms with E-state index in [-0.39, 0.29) is 5.54 Å². The number of hydrogen-bond donors (Lipinski definition) is 1. The second-order valence-electron chi connectivity index (χ2n) is 5.61. The summed E-state index contributed by atoms with van der Waals surface area (Å²) < 4.78 is 0. The van der Waals surface area contributed by atoms with E-state index in [0.29, 0.717) is 0 Å². The molecule has 2 aliphatic rings. The Hall–Kier alpha value is -0.180. The van der Waals surface area contributed by atoms with Crippen molar-refractivity contribution in [3.63, 3.8) is 0 Å². The summed E-state index contributed by atoms with van der Waals surface area (Å²) in [7, 11) is 0. The van der Waals surface area contributed by atoms with E-state index in [0.717, 1.165) is 24.1 Å². The van der Waals surface area contributed by atoms with Crippen LogP contribution in [0.2, 0.25) is 0 Å². The van der Waals surface area contributed by atoms with Gasteiger partial charge in [-0.2, -0.15) is 0 Å². The van der Waals surface area contributed by atoms with Crippen LogP contribution in [0.15, 0.2) is 4.99 Å². The Kier molecular flexibility index (Phi) is 3.29. The highest BCUT2D eigenvalue weighted by Crippen LogP contribution is 2.31. The smallest absolute Gasteiger partial charge is 0.157 e. The highest BCUT2D eigenvalue weighted by atomic mass is 32.2. The summed E-state index contributed by atoms with van der Waals surface area (Å²) >= 11 is 1.87. The van der Waals surface area contributed by atoms with Gasteiger partial charge in [-0.15, -0.1) is 0 Å². The summed E-state index contributed by atoms with van der Waals surface area (Å²) in [4.78, 5) is 4.72. The summed E-state index contributed by atoms with van der Waals surface area (Å²) in [5, 5.41) is 4.65. The molecule has 2 atom stereocenters. The van der Waals surface area contributed by atoms with Crippen LogP contribution in [0.25, 0.3) is 0 Å². The highest BCUT2D eigenvalue weighted by molar-refractivity contribution is 8.14. The van der Waals surface area contributed by atoms with E-state index in [9.17, 15) is 0 Å². The molecule has 2 rings (SSSR count). The minimum Gasteiger partial charge on any atom is -0.359 e. The summed E-state index contributed by atoms with van der Waals surface area (Å²) in [5.74, 6) is 2.86. The molecule has 0 aromatic rings. The van der Waals surface area contributed by atoms with Gasteiger partial charge in [0.05, 0.1) is 0 Å². The Balaban J connectivity index is 1.84. The summed E-state index contributed by atoms with van der Waals surface area (Å²) in [6.45, 7) is 7.88. The third kappa shape index (κ3) is 2.90. The molecule has 3 heteroatoms. The normalized spacial score (nSPS) is 37.1. The fourth-order valence-electron chi connectivity index (χ4n) is 2.39. The Morgan fingerprint density at radius 2 is 2.27 bits per heavy atom. The molecule has 2 nitrogen and oxygen atoms in total. The van der Waals surface area contributed by atoms with Crippen LogP contribution < -0.4 is 5.32 Å². The predicted octanol–water partition coefficient (Wildman–Crippen LogP) is 2.89. The van der Waals surface area contributed by atoms with Crippen molar-refractivity contribution in [1.82, 2.24) is 5.32 Å². The van der Waals surface area contributed by atoms with Crippen LogP contribution in [-0.2, 0) is 0 Å². The molecule has 2 fully saturated rings. The summed E-state index contributed by atoms with van der Waals surface area (Å²) in [6, 6.07) is 0. The molecule has 86 valence electrons. The van der Waals surface area contributed by atoms with Crippen LogP contribution in [0.5, 0.6) is 0 Å². The molecular weight excluding hydrogens is 204 g/mol. The van der Waals surface area contributed by atoms with Crippen molar-refractivity contribution in [3.8, 4) is 0 Å². The van der Waals surface area contributed by atoms with Gasteiger partial charge in [-0.25, -0.2) is 0 Å². The first kappa shape index (κ1) is 11.3. The van der Waals surface area contributed by atoms with Gasteiger partial charge in [0.1, 0.15) is 0 Å². The Bertz CT molecular complexity index is 260. The van der Waals surface area contributed by atoms with E-state index in [2.05, 4.69) is 26.1 Å². The lowest BCUT2D eigenvalue weighted by Gasteiger charge is -2.16. The average Bonchev–Trinajstić information content (AvgIpc) is 2.69. The van der Waals surface area contributed by atoms with Gasteiger partial charge in [-0.05, 0) is 32.1 Å². The van der Waals surface area contributed by atoms with Gasteiger partial charge in [-0.3, -0.25) is 4.99 Å². The highest BCUT2D eigenvalue weighted by Gasteiger charge is 2.28. The third-order valence-electron chi connectivity index (χ3n) is 3.52. The maximum atomic E-state index is 4.72. The summed E-state index contributed by atoms with van der Waals surface area (Å²) in [5.41, 5.74) is 0.241. The van der Waals surface area contributed by atoms with Crippen LogP contribution in [0.3, 0.4) is 0 Å². The number of rotatable bonds is 2. The van der Waals surface area contributed by atoms with Gasteiger partial charge in [0.2, 0.25) is 0 Å². The molecule has 1 N–H and O–H groups in total. The molecule has 1 heterocycles. The molecule has 0 aromatic carbocycles. The van der Waals surface area contributed by atoms with E-state index < -0.39 is 0 Å². The number of amidine groups is 1. The second-order valence-corrected chi connectivity index (χ2v) is 6.58. The molecular formula is C12H22N2S. The van der Waals surface area contributed by atoms with Crippen molar-refractivity contribution < 1.29 is 0 Å². The standard InChI is InChI=1S/C12H22N2S/c1-9-5-4-6-10(9)7-13-11-14-12(2,3)8-15-11/h9-10H,4-8H2,1-3H3,(H,13,14). The molecule has 1 aliphatic carbocycles. The van der Waals surface area contributed by atoms with Crippen molar-refractivity contribution in [2.45, 2.75) is 45.6 Å². The number of aliphatic imine (C=N–C) groups is 1. The van der Waals surface area contributed by atoms with Gasteiger partial charge in [0, 0.05) is 17.8 Å². The molecule has 1 saturated carbocycles. The lowest BCUT2D eigenvalue weighted by atomic mass is 9.99. The minimum absolute atomic E-state index is 0.241. The van der Waals surface area contributed by atoms with Crippen molar-refractivity contribution in [3.05, 3.63) is 0 Å². The molecule has 0 amide bonds. The number of thioether (sulfide) groups is 1. The van der Waals surface area contributed by atoms with Crippen LogP contribution in [-0.4, -0.2) is 23.0 Å². The van der Waals surface area contributed by atoms with Crippen molar-refractivity contribution in [1.29, 1.82) is 0 Å². The van der Waals surface area contributed by atoms with Gasteiger partial charge in [0.25, 0.3) is 0 Å². The second kappa shape index (κ2) is 4.36. The monoisotopic (exact) mass is 226 g/mol. The van der Waals surface area contributed by atoms with E-state index >= 15 is 0 Å². The average molecular weight is 226 g/mol. The number of nitrogens with one attached hydrogen (secondary N) is 1. The maximum Gasteiger partial charge on any atom is 0.157 e. The zero-order valence-electron chi connectivity index (χ0n) is 10.0. The SMILES string of the molecule is CC1CCCC1CN=C1NC(C)(C)CS1.